The molecule has 2 atom stereocenters. The van der Waals surface area contributed by atoms with Crippen molar-refractivity contribution in [1.29, 1.82) is 0 Å². The molecule has 0 spiro atoms. The first-order valence-electron chi connectivity index (χ1n) is 9.56. The van der Waals surface area contributed by atoms with Gasteiger partial charge in [0.05, 0.1) is 14.2 Å². The zero-order valence-electron chi connectivity index (χ0n) is 17.0. The van der Waals surface area contributed by atoms with E-state index in [1.165, 1.54) is 25.2 Å². The Morgan fingerprint density at radius 2 is 1.90 bits per heavy atom. The Morgan fingerprint density at radius 3 is 2.57 bits per heavy atom. The predicted octanol–water partition coefficient (Wildman–Crippen LogP) is 1.56. The monoisotopic (exact) mass is 418 g/mol. The molecule has 0 aromatic heterocycles. The first-order chi connectivity index (χ1) is 14.5. The Labute approximate surface area is 175 Å². The molecule has 1 saturated heterocycles. The van der Waals surface area contributed by atoms with Crippen molar-refractivity contribution in [2.45, 2.75) is 38.0 Å². The number of ether oxygens (including phenoxy) is 3. The molecule has 0 aliphatic carbocycles. The Hall–Kier alpha value is -3.36. The van der Waals surface area contributed by atoms with Gasteiger partial charge in [0.2, 0.25) is 5.91 Å². The van der Waals surface area contributed by atoms with Gasteiger partial charge in [-0.1, -0.05) is 36.4 Å². The smallest absolute Gasteiger partial charge is 0.410 e. The van der Waals surface area contributed by atoms with Gasteiger partial charge in [0.1, 0.15) is 18.7 Å². The molecule has 0 bridgehead atoms. The van der Waals surface area contributed by atoms with Gasteiger partial charge in [0, 0.05) is 12.6 Å². The number of benzene rings is 1. The van der Waals surface area contributed by atoms with Crippen molar-refractivity contribution in [3.05, 3.63) is 48.0 Å². The van der Waals surface area contributed by atoms with Gasteiger partial charge in [0.15, 0.2) is 0 Å². The van der Waals surface area contributed by atoms with Gasteiger partial charge in [0.25, 0.3) is 0 Å². The lowest BCUT2D eigenvalue weighted by atomic mass is 10.1. The zero-order chi connectivity index (χ0) is 21.9. The fourth-order valence-electron chi connectivity index (χ4n) is 3.05. The molecule has 1 aliphatic heterocycles. The Balaban J connectivity index is 1.96. The van der Waals surface area contributed by atoms with Crippen molar-refractivity contribution in [2.24, 2.45) is 0 Å². The molecule has 9 nitrogen and oxygen atoms in total. The van der Waals surface area contributed by atoms with Crippen LogP contribution in [0.4, 0.5) is 4.79 Å². The van der Waals surface area contributed by atoms with Crippen LogP contribution < -0.4 is 5.32 Å². The Bertz CT molecular complexity index is 779. The van der Waals surface area contributed by atoms with E-state index in [0.717, 1.165) is 11.6 Å². The lowest BCUT2D eigenvalue weighted by Gasteiger charge is -2.25. The number of methoxy groups -OCH3 is 2. The fourth-order valence-corrected chi connectivity index (χ4v) is 3.05. The summed E-state index contributed by atoms with van der Waals surface area (Å²) in [6, 6.07) is 7.49. The highest BCUT2D eigenvalue weighted by molar-refractivity contribution is 5.90. The van der Waals surface area contributed by atoms with E-state index in [1.54, 1.807) is 0 Å². The number of rotatable bonds is 8. The number of nitrogens with zero attached hydrogens (tertiary/aromatic N) is 1. The van der Waals surface area contributed by atoms with Gasteiger partial charge in [-0.2, -0.15) is 0 Å². The van der Waals surface area contributed by atoms with E-state index in [-0.39, 0.29) is 13.0 Å². The second kappa shape index (κ2) is 11.6. The van der Waals surface area contributed by atoms with Crippen LogP contribution in [0.25, 0.3) is 0 Å². The Kier molecular flexibility index (Phi) is 8.86. The number of amides is 2. The van der Waals surface area contributed by atoms with E-state index < -0.39 is 36.0 Å². The molecular weight excluding hydrogens is 392 g/mol. The van der Waals surface area contributed by atoms with Crippen LogP contribution >= 0.6 is 0 Å². The molecule has 2 amide bonds. The van der Waals surface area contributed by atoms with Crippen molar-refractivity contribution >= 4 is 23.9 Å². The first kappa shape index (κ1) is 22.9. The molecule has 1 aromatic carbocycles. The molecular formula is C21H26N2O7. The quantitative estimate of drug-likeness (QED) is 0.387. The van der Waals surface area contributed by atoms with E-state index in [0.29, 0.717) is 19.4 Å². The maximum atomic E-state index is 12.7. The van der Waals surface area contributed by atoms with Crippen LogP contribution in [0.15, 0.2) is 42.5 Å². The number of hydrogen-bond acceptors (Lipinski definition) is 7. The van der Waals surface area contributed by atoms with E-state index >= 15 is 0 Å². The van der Waals surface area contributed by atoms with Gasteiger partial charge in [-0.05, 0) is 24.8 Å². The zero-order valence-corrected chi connectivity index (χ0v) is 17.0. The standard InChI is InChI=1S/C21H26N2O7/c1-28-18(24)12-6-10-16(20(26)29-2)22-19(25)17-11-7-13-23(17)21(27)30-14-15-8-4-3-5-9-15/h3-6,8-9,12,16-17H,7,10-11,13-14H2,1-2H3,(H,22,25)/b12-6+/t16-,17-/m1/s1. The fraction of sp³-hybridized carbons (Fsp3) is 0.429. The van der Waals surface area contributed by atoms with Crippen molar-refractivity contribution in [1.82, 2.24) is 10.2 Å². The molecule has 1 aliphatic rings. The van der Waals surface area contributed by atoms with Crippen molar-refractivity contribution in [3.63, 3.8) is 0 Å². The highest BCUT2D eigenvalue weighted by atomic mass is 16.6. The normalized spacial score (nSPS) is 16.7. The van der Waals surface area contributed by atoms with Crippen LogP contribution in [-0.2, 0) is 35.2 Å². The van der Waals surface area contributed by atoms with Crippen molar-refractivity contribution in [2.75, 3.05) is 20.8 Å². The van der Waals surface area contributed by atoms with Gasteiger partial charge in [-0.15, -0.1) is 0 Å². The van der Waals surface area contributed by atoms with Gasteiger partial charge in [-0.3, -0.25) is 9.69 Å². The lowest BCUT2D eigenvalue weighted by molar-refractivity contribution is -0.145. The lowest BCUT2D eigenvalue weighted by Crippen LogP contribution is -2.51. The molecule has 1 fully saturated rings. The number of carbonyl (C=O) groups excluding carboxylic acids is 4. The van der Waals surface area contributed by atoms with Crippen molar-refractivity contribution < 1.29 is 33.4 Å². The highest BCUT2D eigenvalue weighted by Crippen LogP contribution is 2.19. The molecule has 2 rings (SSSR count). The van der Waals surface area contributed by atoms with Crippen LogP contribution in [0, 0.1) is 0 Å². The van der Waals surface area contributed by atoms with Gasteiger partial charge >= 0.3 is 18.0 Å². The molecule has 0 unspecified atom stereocenters. The molecule has 1 heterocycles. The molecule has 0 radical (unpaired) electrons. The first-order valence-corrected chi connectivity index (χ1v) is 9.56. The molecule has 1 N–H and O–H groups in total. The largest absolute Gasteiger partial charge is 0.467 e. The molecule has 30 heavy (non-hydrogen) atoms. The second-order valence-corrected chi connectivity index (χ2v) is 6.64. The summed E-state index contributed by atoms with van der Waals surface area (Å²) >= 11 is 0. The minimum absolute atomic E-state index is 0.0404. The van der Waals surface area contributed by atoms with Crippen molar-refractivity contribution in [3.8, 4) is 0 Å². The average Bonchev–Trinajstić information content (AvgIpc) is 3.27. The maximum Gasteiger partial charge on any atom is 0.410 e. The van der Waals surface area contributed by atoms with Crippen LogP contribution in [-0.4, -0.2) is 61.7 Å². The minimum Gasteiger partial charge on any atom is -0.467 e. The molecule has 9 heteroatoms. The molecule has 0 saturated carbocycles. The number of nitrogens with one attached hydrogen (secondary N) is 1. The minimum atomic E-state index is -0.994. The summed E-state index contributed by atoms with van der Waals surface area (Å²) in [6.07, 6.45) is 3.12. The van der Waals surface area contributed by atoms with Gasteiger partial charge < -0.3 is 19.5 Å². The Morgan fingerprint density at radius 1 is 1.17 bits per heavy atom. The van der Waals surface area contributed by atoms with Crippen LogP contribution in [0.3, 0.4) is 0 Å². The highest BCUT2D eigenvalue weighted by Gasteiger charge is 2.36. The van der Waals surface area contributed by atoms with Gasteiger partial charge in [-0.25, -0.2) is 14.4 Å². The third-order valence-electron chi connectivity index (χ3n) is 4.62. The SMILES string of the molecule is COC(=O)/C=C/C[C@@H](NC(=O)[C@H]1CCCN1C(=O)OCc1ccccc1)C(=O)OC. The summed E-state index contributed by atoms with van der Waals surface area (Å²) in [5.41, 5.74) is 0.842. The van der Waals surface area contributed by atoms with Crippen LogP contribution in [0.1, 0.15) is 24.8 Å². The van der Waals surface area contributed by atoms with E-state index in [1.807, 2.05) is 30.3 Å². The maximum absolute atomic E-state index is 12.7. The summed E-state index contributed by atoms with van der Waals surface area (Å²) in [5.74, 6) is -1.71. The van der Waals surface area contributed by atoms with E-state index in [9.17, 15) is 19.2 Å². The number of hydrogen-bond donors (Lipinski definition) is 1. The topological polar surface area (TPSA) is 111 Å². The summed E-state index contributed by atoms with van der Waals surface area (Å²) in [7, 11) is 2.44. The van der Waals surface area contributed by atoms with E-state index in [2.05, 4.69) is 10.1 Å². The summed E-state index contributed by atoms with van der Waals surface area (Å²) in [4.78, 5) is 49.7. The van der Waals surface area contributed by atoms with Crippen LogP contribution in [0.2, 0.25) is 0 Å². The average molecular weight is 418 g/mol. The number of esters is 2. The van der Waals surface area contributed by atoms with E-state index in [4.69, 9.17) is 9.47 Å². The summed E-state index contributed by atoms with van der Waals surface area (Å²) < 4.78 is 14.5. The summed E-state index contributed by atoms with van der Waals surface area (Å²) in [5, 5.41) is 2.59. The number of carbonyl (C=O) groups is 4. The number of likely N-dealkylation sites (tertiary alicyclic amines) is 1. The second-order valence-electron chi connectivity index (χ2n) is 6.64. The molecule has 162 valence electrons. The third kappa shape index (κ3) is 6.61. The molecule has 1 aromatic rings. The van der Waals surface area contributed by atoms with Crippen LogP contribution in [0.5, 0.6) is 0 Å². The third-order valence-corrected chi connectivity index (χ3v) is 4.62. The predicted molar refractivity (Wildman–Crippen MR) is 106 cm³/mol. The summed E-state index contributed by atoms with van der Waals surface area (Å²) in [6.45, 7) is 0.491.